The summed E-state index contributed by atoms with van der Waals surface area (Å²) in [4.78, 5) is 0. The third-order valence-corrected chi connectivity index (χ3v) is 3.41. The molecule has 0 aliphatic heterocycles. The molecular formula is C11H11ClN2O4S. The van der Waals surface area contributed by atoms with Gasteiger partial charge in [-0.05, 0) is 30.3 Å². The first-order valence-corrected chi connectivity index (χ1v) is 7.12. The van der Waals surface area contributed by atoms with Crippen LogP contribution in [0.15, 0.2) is 39.8 Å². The predicted molar refractivity (Wildman–Crippen MR) is 70.5 cm³/mol. The van der Waals surface area contributed by atoms with Gasteiger partial charge in [-0.3, -0.25) is 0 Å². The van der Waals surface area contributed by atoms with Crippen LogP contribution in [0.25, 0.3) is 0 Å². The number of halogens is 1. The highest BCUT2D eigenvalue weighted by Crippen LogP contribution is 2.26. The maximum absolute atomic E-state index is 11.0. The van der Waals surface area contributed by atoms with E-state index in [1.165, 1.54) is 18.2 Å². The second-order valence-electron chi connectivity index (χ2n) is 3.79. The number of sulfonamides is 1. The molecule has 1 heterocycles. The van der Waals surface area contributed by atoms with Crippen molar-refractivity contribution in [2.75, 3.05) is 5.32 Å². The zero-order valence-electron chi connectivity index (χ0n) is 9.63. The van der Waals surface area contributed by atoms with Gasteiger partial charge in [0.05, 0.1) is 11.6 Å². The summed E-state index contributed by atoms with van der Waals surface area (Å²) < 4.78 is 27.1. The number of hydrogen-bond acceptors (Lipinski definition) is 5. The Hall–Kier alpha value is -1.70. The van der Waals surface area contributed by atoms with Gasteiger partial charge in [0.25, 0.3) is 10.0 Å². The van der Waals surface area contributed by atoms with E-state index in [2.05, 4.69) is 5.32 Å². The first-order chi connectivity index (χ1) is 8.86. The molecule has 8 heteroatoms. The van der Waals surface area contributed by atoms with Gasteiger partial charge in [0.2, 0.25) is 5.09 Å². The van der Waals surface area contributed by atoms with Crippen LogP contribution in [0, 0.1) is 0 Å². The molecule has 19 heavy (non-hydrogen) atoms. The molecule has 0 saturated carbocycles. The van der Waals surface area contributed by atoms with E-state index in [9.17, 15) is 13.5 Å². The molecule has 6 nitrogen and oxygen atoms in total. The highest BCUT2D eigenvalue weighted by molar-refractivity contribution is 7.89. The number of anilines is 1. The Morgan fingerprint density at radius 3 is 2.63 bits per heavy atom. The fraction of sp³-hybridized carbons (Fsp3) is 0.0909. The summed E-state index contributed by atoms with van der Waals surface area (Å²) >= 11 is 5.75. The highest BCUT2D eigenvalue weighted by Gasteiger charge is 2.13. The fourth-order valence-corrected chi connectivity index (χ4v) is 2.07. The number of nitrogens with one attached hydrogen (secondary N) is 1. The van der Waals surface area contributed by atoms with Gasteiger partial charge in [0.15, 0.2) is 0 Å². The summed E-state index contributed by atoms with van der Waals surface area (Å²) in [7, 11) is -3.83. The van der Waals surface area contributed by atoms with Crippen LogP contribution in [0.4, 0.5) is 5.69 Å². The van der Waals surface area contributed by atoms with Gasteiger partial charge in [-0.2, -0.15) is 0 Å². The predicted octanol–water partition coefficient (Wildman–Crippen LogP) is 1.90. The summed E-state index contributed by atoms with van der Waals surface area (Å²) in [6, 6.07) is 7.42. The normalized spacial score (nSPS) is 11.5. The smallest absolute Gasteiger partial charge is 0.271 e. The number of phenols is 1. The van der Waals surface area contributed by atoms with Crippen LogP contribution in [-0.2, 0) is 16.6 Å². The standard InChI is InChI=1S/C11H11ClN2O4S/c12-9-5-7(1-3-10(9)15)14-6-8-2-4-11(18-8)19(13,16)17/h1-5,14-15H,6H2,(H2,13,16,17). The third kappa shape index (κ3) is 3.40. The number of nitrogens with two attached hydrogens (primary N) is 1. The Labute approximate surface area is 114 Å². The van der Waals surface area contributed by atoms with Crippen LogP contribution in [0.2, 0.25) is 5.02 Å². The minimum atomic E-state index is -3.83. The van der Waals surface area contributed by atoms with Gasteiger partial charge in [-0.15, -0.1) is 0 Å². The van der Waals surface area contributed by atoms with Gasteiger partial charge in [0.1, 0.15) is 11.5 Å². The number of furan rings is 1. The number of hydrogen-bond donors (Lipinski definition) is 3. The van der Waals surface area contributed by atoms with Crippen LogP contribution >= 0.6 is 11.6 Å². The molecule has 0 bridgehead atoms. The van der Waals surface area contributed by atoms with Crippen LogP contribution in [0.3, 0.4) is 0 Å². The fourth-order valence-electron chi connectivity index (χ4n) is 1.41. The zero-order valence-corrected chi connectivity index (χ0v) is 11.2. The molecule has 0 spiro atoms. The van der Waals surface area contributed by atoms with E-state index in [4.69, 9.17) is 21.2 Å². The van der Waals surface area contributed by atoms with Crippen LogP contribution in [-0.4, -0.2) is 13.5 Å². The Bertz CT molecular complexity index is 696. The van der Waals surface area contributed by atoms with Crippen LogP contribution in [0.1, 0.15) is 5.76 Å². The molecule has 0 amide bonds. The Morgan fingerprint density at radius 2 is 2.05 bits per heavy atom. The molecule has 4 N–H and O–H groups in total. The van der Waals surface area contributed by atoms with Gasteiger partial charge in [0, 0.05) is 5.69 Å². The minimum absolute atomic E-state index is 0.0123. The molecule has 102 valence electrons. The van der Waals surface area contributed by atoms with Gasteiger partial charge < -0.3 is 14.8 Å². The molecule has 0 fully saturated rings. The van der Waals surface area contributed by atoms with Gasteiger partial charge >= 0.3 is 0 Å². The molecule has 2 aromatic rings. The number of phenolic OH excluding ortho intramolecular Hbond substituents is 1. The summed E-state index contributed by atoms with van der Waals surface area (Å²) in [5, 5.41) is 17.1. The van der Waals surface area contributed by atoms with E-state index in [-0.39, 0.29) is 22.4 Å². The van der Waals surface area contributed by atoms with Crippen molar-refractivity contribution in [2.24, 2.45) is 5.14 Å². The lowest BCUT2D eigenvalue weighted by molar-refractivity contribution is 0.419. The Morgan fingerprint density at radius 1 is 1.32 bits per heavy atom. The van der Waals surface area contributed by atoms with Crippen molar-refractivity contribution in [1.29, 1.82) is 0 Å². The number of rotatable bonds is 4. The number of primary sulfonamides is 1. The maximum Gasteiger partial charge on any atom is 0.271 e. The molecule has 0 atom stereocenters. The first kappa shape index (κ1) is 13.7. The van der Waals surface area contributed by atoms with E-state index >= 15 is 0 Å². The molecule has 0 aliphatic carbocycles. The Balaban J connectivity index is 2.06. The minimum Gasteiger partial charge on any atom is -0.506 e. The lowest BCUT2D eigenvalue weighted by Gasteiger charge is -2.05. The van der Waals surface area contributed by atoms with Crippen molar-refractivity contribution < 1.29 is 17.9 Å². The van der Waals surface area contributed by atoms with Crippen molar-refractivity contribution in [3.8, 4) is 5.75 Å². The van der Waals surface area contributed by atoms with Crippen molar-refractivity contribution in [3.63, 3.8) is 0 Å². The molecule has 0 saturated heterocycles. The molecule has 0 unspecified atom stereocenters. The summed E-state index contributed by atoms with van der Waals surface area (Å²) in [5.41, 5.74) is 0.663. The van der Waals surface area contributed by atoms with Crippen LogP contribution < -0.4 is 10.5 Å². The van der Waals surface area contributed by atoms with E-state index in [0.29, 0.717) is 11.4 Å². The lowest BCUT2D eigenvalue weighted by atomic mass is 10.3. The third-order valence-electron chi connectivity index (χ3n) is 2.33. The molecular weight excluding hydrogens is 292 g/mol. The van der Waals surface area contributed by atoms with Crippen molar-refractivity contribution in [1.82, 2.24) is 0 Å². The molecule has 0 radical (unpaired) electrons. The second kappa shape index (κ2) is 5.12. The average Bonchev–Trinajstić information content (AvgIpc) is 2.79. The van der Waals surface area contributed by atoms with Crippen molar-refractivity contribution in [2.45, 2.75) is 11.6 Å². The average molecular weight is 303 g/mol. The SMILES string of the molecule is NS(=O)(=O)c1ccc(CNc2ccc(O)c(Cl)c2)o1. The monoisotopic (exact) mass is 302 g/mol. The first-order valence-electron chi connectivity index (χ1n) is 5.20. The molecule has 0 aliphatic rings. The van der Waals surface area contributed by atoms with E-state index < -0.39 is 10.0 Å². The molecule has 2 rings (SSSR count). The number of aromatic hydroxyl groups is 1. The molecule has 1 aromatic carbocycles. The summed E-state index contributed by atoms with van der Waals surface area (Å²) in [6.07, 6.45) is 0. The second-order valence-corrected chi connectivity index (χ2v) is 5.69. The lowest BCUT2D eigenvalue weighted by Crippen LogP contribution is -2.10. The largest absolute Gasteiger partial charge is 0.506 e. The summed E-state index contributed by atoms with van der Waals surface area (Å²) in [5.74, 6) is 0.398. The zero-order chi connectivity index (χ0) is 14.0. The van der Waals surface area contributed by atoms with Crippen molar-refractivity contribution >= 4 is 27.3 Å². The maximum atomic E-state index is 11.0. The van der Waals surface area contributed by atoms with E-state index in [1.54, 1.807) is 12.1 Å². The molecule has 1 aromatic heterocycles. The number of benzene rings is 1. The quantitative estimate of drug-likeness (QED) is 0.748. The van der Waals surface area contributed by atoms with E-state index in [1.807, 2.05) is 0 Å². The highest BCUT2D eigenvalue weighted by atomic mass is 35.5. The van der Waals surface area contributed by atoms with E-state index in [0.717, 1.165) is 0 Å². The Kier molecular flexibility index (Phi) is 3.70. The summed E-state index contributed by atoms with van der Waals surface area (Å²) in [6.45, 7) is 0.261. The van der Waals surface area contributed by atoms with Crippen molar-refractivity contribution in [3.05, 3.63) is 41.1 Å². The van der Waals surface area contributed by atoms with Crippen LogP contribution in [0.5, 0.6) is 5.75 Å². The van der Waals surface area contributed by atoms with Gasteiger partial charge in [-0.25, -0.2) is 13.6 Å². The van der Waals surface area contributed by atoms with Gasteiger partial charge in [-0.1, -0.05) is 11.6 Å². The topological polar surface area (TPSA) is 106 Å².